The molecule has 4 bridgehead atoms. The average Bonchev–Trinajstić information content (AvgIpc) is 1.98. The van der Waals surface area contributed by atoms with Crippen molar-refractivity contribution in [3.63, 3.8) is 0 Å². The van der Waals surface area contributed by atoms with E-state index < -0.39 is 6.16 Å². The molecule has 4 rings (SSSR count). The van der Waals surface area contributed by atoms with Gasteiger partial charge in [0.2, 0.25) is 0 Å². The van der Waals surface area contributed by atoms with Crippen molar-refractivity contribution < 1.29 is 15.0 Å². The van der Waals surface area contributed by atoms with E-state index in [0.29, 0.717) is 0 Å². The van der Waals surface area contributed by atoms with Crippen LogP contribution in [0.25, 0.3) is 0 Å². The third-order valence-corrected chi connectivity index (χ3v) is 4.00. The van der Waals surface area contributed by atoms with E-state index in [1.807, 2.05) is 0 Å². The zero-order chi connectivity index (χ0) is 10.1. The highest BCUT2D eigenvalue weighted by Crippen LogP contribution is 2.53. The van der Waals surface area contributed by atoms with E-state index in [1.54, 1.807) is 38.5 Å². The van der Waals surface area contributed by atoms with Gasteiger partial charge in [-0.2, -0.15) is 0 Å². The topological polar surface area (TPSA) is 57.5 Å². The molecule has 4 fully saturated rings. The van der Waals surface area contributed by atoms with Gasteiger partial charge in [-0.1, -0.05) is 0 Å². The molecule has 0 aromatic rings. The molecule has 0 radical (unpaired) electrons. The maximum Gasteiger partial charge on any atom is 0.503 e. The highest BCUT2D eigenvalue weighted by molar-refractivity contribution is 5.53. The van der Waals surface area contributed by atoms with E-state index in [0.717, 1.165) is 0 Å². The van der Waals surface area contributed by atoms with E-state index in [-0.39, 0.29) is 0 Å². The zero-order valence-corrected chi connectivity index (χ0v) is 8.35. The van der Waals surface area contributed by atoms with Crippen LogP contribution in [0, 0.1) is 23.7 Å². The summed E-state index contributed by atoms with van der Waals surface area (Å²) in [5.41, 5.74) is 0. The molecule has 0 aliphatic heterocycles. The molecule has 4 aliphatic rings. The van der Waals surface area contributed by atoms with Crippen LogP contribution >= 0.6 is 0 Å². The van der Waals surface area contributed by atoms with E-state index in [4.69, 9.17) is 15.0 Å². The minimum Gasteiger partial charge on any atom is -0.450 e. The molecular weight excluding hydrogens is 180 g/mol. The quantitative estimate of drug-likeness (QED) is 0.629. The van der Waals surface area contributed by atoms with Crippen LogP contribution in [0.1, 0.15) is 38.5 Å². The molecule has 4 saturated carbocycles. The monoisotopic (exact) mass is 198 g/mol. The van der Waals surface area contributed by atoms with Gasteiger partial charge in [-0.15, -0.1) is 0 Å². The third-order valence-electron chi connectivity index (χ3n) is 4.00. The van der Waals surface area contributed by atoms with Gasteiger partial charge in [-0.3, -0.25) is 0 Å². The summed E-state index contributed by atoms with van der Waals surface area (Å²) in [4.78, 5) is 8.56. The Hall–Kier alpha value is -0.730. The molecule has 0 spiro atoms. The van der Waals surface area contributed by atoms with Crippen molar-refractivity contribution in [2.75, 3.05) is 0 Å². The van der Waals surface area contributed by atoms with Crippen LogP contribution in [0.15, 0.2) is 0 Å². The van der Waals surface area contributed by atoms with Crippen LogP contribution in [0.2, 0.25) is 0 Å². The van der Waals surface area contributed by atoms with Gasteiger partial charge in [0.05, 0.1) is 0 Å². The average molecular weight is 198 g/mol. The number of hydrogen-bond donors (Lipinski definition) is 2. The summed E-state index contributed by atoms with van der Waals surface area (Å²) in [7, 11) is 0. The van der Waals surface area contributed by atoms with Gasteiger partial charge in [0.1, 0.15) is 0 Å². The van der Waals surface area contributed by atoms with E-state index in [2.05, 4.69) is 0 Å². The lowest BCUT2D eigenvalue weighted by atomic mass is 9.56. The Bertz CT molecular complexity index is 164. The molecule has 4 aliphatic carbocycles. The molecule has 0 amide bonds. The molecule has 0 aromatic heterocycles. The Morgan fingerprint density at radius 3 is 1.00 bits per heavy atom. The molecule has 14 heavy (non-hydrogen) atoms. The lowest BCUT2D eigenvalue weighted by molar-refractivity contribution is 0.0198. The SMILES string of the molecule is C1C2CC3CC1CC(C2)C3.O=C(O)O. The Kier molecular flexibility index (Phi) is 2.66. The third kappa shape index (κ3) is 2.20. The zero-order valence-electron chi connectivity index (χ0n) is 8.35. The number of carbonyl (C=O) groups is 1. The van der Waals surface area contributed by atoms with Crippen molar-refractivity contribution in [3.05, 3.63) is 0 Å². The Labute approximate surface area is 84.1 Å². The maximum absolute atomic E-state index is 8.56. The lowest BCUT2D eigenvalue weighted by Gasteiger charge is -2.49. The molecule has 0 heterocycles. The number of rotatable bonds is 0. The first kappa shape index (κ1) is 9.81. The van der Waals surface area contributed by atoms with Gasteiger partial charge >= 0.3 is 6.16 Å². The van der Waals surface area contributed by atoms with E-state index >= 15 is 0 Å². The number of hydrogen-bond acceptors (Lipinski definition) is 1. The highest BCUT2D eigenvalue weighted by Gasteiger charge is 2.41. The summed E-state index contributed by atoms with van der Waals surface area (Å²) >= 11 is 0. The first-order chi connectivity index (χ1) is 6.63. The fraction of sp³-hybridized carbons (Fsp3) is 0.909. The molecule has 0 unspecified atom stereocenters. The first-order valence-corrected chi connectivity index (χ1v) is 5.55. The Morgan fingerprint density at radius 1 is 0.714 bits per heavy atom. The summed E-state index contributed by atoms with van der Waals surface area (Å²) in [6.45, 7) is 0. The van der Waals surface area contributed by atoms with Crippen LogP contribution in [0.3, 0.4) is 0 Å². The highest BCUT2D eigenvalue weighted by atomic mass is 16.6. The van der Waals surface area contributed by atoms with Crippen LogP contribution in [-0.2, 0) is 0 Å². The normalized spacial score (nSPS) is 42.9. The van der Waals surface area contributed by atoms with E-state index in [1.165, 1.54) is 23.7 Å². The Morgan fingerprint density at radius 2 is 0.857 bits per heavy atom. The molecular formula is C11H18O3. The summed E-state index contributed by atoms with van der Waals surface area (Å²) in [6.07, 6.45) is 7.79. The van der Waals surface area contributed by atoms with Crippen molar-refractivity contribution in [2.24, 2.45) is 23.7 Å². The van der Waals surface area contributed by atoms with Crippen LogP contribution < -0.4 is 0 Å². The molecule has 0 atom stereocenters. The van der Waals surface area contributed by atoms with Crippen molar-refractivity contribution in [1.29, 1.82) is 0 Å². The van der Waals surface area contributed by atoms with Gasteiger partial charge in [-0.25, -0.2) is 4.79 Å². The van der Waals surface area contributed by atoms with Crippen molar-refractivity contribution in [1.82, 2.24) is 0 Å². The summed E-state index contributed by atoms with van der Waals surface area (Å²) in [5, 5.41) is 13.9. The predicted octanol–water partition coefficient (Wildman–Crippen LogP) is 3.06. The van der Waals surface area contributed by atoms with Crippen molar-refractivity contribution in [3.8, 4) is 0 Å². The molecule has 3 nitrogen and oxygen atoms in total. The van der Waals surface area contributed by atoms with Gasteiger partial charge in [0.25, 0.3) is 0 Å². The lowest BCUT2D eigenvalue weighted by Crippen LogP contribution is -2.38. The Balaban J connectivity index is 0.000000165. The molecule has 0 saturated heterocycles. The molecule has 80 valence electrons. The van der Waals surface area contributed by atoms with E-state index in [9.17, 15) is 0 Å². The van der Waals surface area contributed by atoms with Crippen LogP contribution in [0.5, 0.6) is 0 Å². The minimum absolute atomic E-state index is 1.18. The summed E-state index contributed by atoms with van der Waals surface area (Å²) < 4.78 is 0. The molecule has 3 heteroatoms. The van der Waals surface area contributed by atoms with Crippen molar-refractivity contribution >= 4 is 6.16 Å². The van der Waals surface area contributed by atoms with Gasteiger partial charge in [0.15, 0.2) is 0 Å². The fourth-order valence-corrected chi connectivity index (χ4v) is 3.98. The second-order valence-corrected chi connectivity index (χ2v) is 5.16. The van der Waals surface area contributed by atoms with Gasteiger partial charge < -0.3 is 10.2 Å². The minimum atomic E-state index is -1.83. The standard InChI is InChI=1S/C10H16.CH2O3/c1-7-2-9-4-8(1)5-10(3-7)6-9;2-1(3)4/h7-10H,1-6H2;(H2,2,3,4). The maximum atomic E-state index is 8.56. The summed E-state index contributed by atoms with van der Waals surface area (Å²) in [6, 6.07) is 0. The van der Waals surface area contributed by atoms with Crippen LogP contribution in [-0.4, -0.2) is 16.4 Å². The van der Waals surface area contributed by atoms with Crippen LogP contribution in [0.4, 0.5) is 4.79 Å². The van der Waals surface area contributed by atoms with Crippen molar-refractivity contribution in [2.45, 2.75) is 38.5 Å². The number of carboxylic acid groups (broad SMARTS) is 2. The summed E-state index contributed by atoms with van der Waals surface area (Å²) in [5.74, 6) is 4.71. The van der Waals surface area contributed by atoms with Gasteiger partial charge in [0, 0.05) is 0 Å². The van der Waals surface area contributed by atoms with Gasteiger partial charge in [-0.05, 0) is 62.2 Å². The molecule has 0 aromatic carbocycles. The largest absolute Gasteiger partial charge is 0.503 e. The first-order valence-electron chi connectivity index (χ1n) is 5.55. The molecule has 2 N–H and O–H groups in total. The smallest absolute Gasteiger partial charge is 0.450 e. The second kappa shape index (κ2) is 3.79. The predicted molar refractivity (Wildman–Crippen MR) is 52.3 cm³/mol. The fourth-order valence-electron chi connectivity index (χ4n) is 3.98. The second-order valence-electron chi connectivity index (χ2n) is 5.16.